The average molecular weight is 651 g/mol. The van der Waals surface area contributed by atoms with Gasteiger partial charge in [0.05, 0.1) is 24.3 Å². The van der Waals surface area contributed by atoms with Gasteiger partial charge in [0, 0.05) is 23.0 Å². The standard InChI is InChI=1S/C23H26N10O7S3/c1-4-5-32-11(25)6-10(24)27-22(32)42-8-9-7-41-18-13(17(35)33(18)14(9)19(36)37)28-16(34)12(15-29-21(26)43-31-15)30-40-23(2,3)20(38)39/h4,6,13,18H,1,5,7-8H2,2-3H3,(H8,24,25,26,28,29,31,34,36,37,38,39)/b30-12-/t13?,18-/m1/s1. The highest BCUT2D eigenvalue weighted by atomic mass is 32.2. The lowest BCUT2D eigenvalue weighted by molar-refractivity contribution is -0.713. The van der Waals surface area contributed by atoms with E-state index < -0.39 is 46.5 Å². The van der Waals surface area contributed by atoms with E-state index in [1.165, 1.54) is 43.4 Å². The number of nitrogens with zero attached hydrogens (tertiary/aromatic N) is 6. The highest BCUT2D eigenvalue weighted by Gasteiger charge is 2.53. The molecule has 1 fully saturated rings. The number of fused-ring (bicyclic) bond motifs is 1. The molecule has 17 nitrogen and oxygen atoms in total. The van der Waals surface area contributed by atoms with Crippen molar-refractivity contribution in [2.24, 2.45) is 5.16 Å². The molecule has 2 aliphatic rings. The number of nitrogens with two attached hydrogens (primary N) is 3. The van der Waals surface area contributed by atoms with Crippen LogP contribution in [-0.4, -0.2) is 82.3 Å². The smallest absolute Gasteiger partial charge is 0.350 e. The first-order valence-electron chi connectivity index (χ1n) is 12.2. The van der Waals surface area contributed by atoms with Crippen LogP contribution in [0.2, 0.25) is 0 Å². The fraction of sp³-hybridized carbons (Fsp3) is 0.348. The largest absolute Gasteiger partial charge is 0.543 e. The van der Waals surface area contributed by atoms with Gasteiger partial charge in [0.2, 0.25) is 28.8 Å². The number of hydrogen-bond acceptors (Lipinski definition) is 16. The van der Waals surface area contributed by atoms with Crippen LogP contribution in [0.15, 0.2) is 40.3 Å². The van der Waals surface area contributed by atoms with Gasteiger partial charge in [-0.25, -0.2) is 9.36 Å². The van der Waals surface area contributed by atoms with Crippen LogP contribution in [0.4, 0.5) is 16.8 Å². The molecule has 0 aromatic carbocycles. The van der Waals surface area contributed by atoms with Crippen molar-refractivity contribution in [2.45, 2.75) is 42.6 Å². The number of anilines is 3. The third-order valence-electron chi connectivity index (χ3n) is 6.03. The predicted molar refractivity (Wildman–Crippen MR) is 155 cm³/mol. The fourth-order valence-electron chi connectivity index (χ4n) is 3.82. The summed E-state index contributed by atoms with van der Waals surface area (Å²) in [6.45, 7) is 6.46. The molecule has 20 heteroatoms. The van der Waals surface area contributed by atoms with Gasteiger partial charge in [-0.15, -0.1) is 11.8 Å². The molecule has 0 spiro atoms. The Kier molecular flexibility index (Phi) is 9.11. The number of β-lactam (4-membered cyclic amide) rings is 1. The van der Waals surface area contributed by atoms with Crippen LogP contribution in [-0.2, 0) is 30.6 Å². The Bertz CT molecular complexity index is 1570. The highest BCUT2D eigenvalue weighted by molar-refractivity contribution is 8.01. The number of nitrogens with one attached hydrogen (secondary N) is 1. The second-order valence-electron chi connectivity index (χ2n) is 9.48. The minimum atomic E-state index is -1.81. The first-order chi connectivity index (χ1) is 20.2. The van der Waals surface area contributed by atoms with Crippen molar-refractivity contribution in [3.8, 4) is 0 Å². The molecule has 1 unspecified atom stereocenters. The monoisotopic (exact) mass is 650 g/mol. The van der Waals surface area contributed by atoms with Crippen molar-refractivity contribution in [2.75, 3.05) is 28.7 Å². The molecule has 2 amide bonds. The first kappa shape index (κ1) is 31.5. The number of aromatic nitrogens is 4. The zero-order valence-corrected chi connectivity index (χ0v) is 25.1. The van der Waals surface area contributed by atoms with Crippen LogP contribution in [0.25, 0.3) is 0 Å². The number of oxime groups is 1. The lowest BCUT2D eigenvalue weighted by atomic mass is 10.0. The minimum Gasteiger partial charge on any atom is -0.543 e. The summed E-state index contributed by atoms with van der Waals surface area (Å²) in [6.07, 6.45) is 1.62. The van der Waals surface area contributed by atoms with E-state index in [2.05, 4.69) is 31.4 Å². The van der Waals surface area contributed by atoms with Crippen LogP contribution in [0, 0.1) is 0 Å². The molecule has 0 bridgehead atoms. The second-order valence-corrected chi connectivity index (χ2v) is 12.3. The first-order valence-corrected chi connectivity index (χ1v) is 15.0. The molecule has 2 aromatic rings. The summed E-state index contributed by atoms with van der Waals surface area (Å²) < 4.78 is 5.57. The molecule has 0 radical (unpaired) electrons. The molecule has 43 heavy (non-hydrogen) atoms. The number of thioether (sulfide) groups is 2. The molecule has 0 saturated carbocycles. The van der Waals surface area contributed by atoms with Gasteiger partial charge < -0.3 is 42.4 Å². The molecule has 0 aliphatic carbocycles. The number of nitrogen functional groups attached to an aromatic ring is 3. The van der Waals surface area contributed by atoms with Crippen LogP contribution in [0.1, 0.15) is 19.7 Å². The summed E-state index contributed by atoms with van der Waals surface area (Å²) in [7, 11) is 0. The Morgan fingerprint density at radius 2 is 2.09 bits per heavy atom. The Morgan fingerprint density at radius 3 is 2.70 bits per heavy atom. The molecule has 8 N–H and O–H groups in total. The number of amides is 2. The van der Waals surface area contributed by atoms with Crippen LogP contribution < -0.4 is 32.2 Å². The molecule has 4 rings (SSSR count). The van der Waals surface area contributed by atoms with E-state index in [0.29, 0.717) is 23.1 Å². The molecule has 2 atom stereocenters. The molecule has 2 aromatic heterocycles. The van der Waals surface area contributed by atoms with Crippen LogP contribution in [0.3, 0.4) is 0 Å². The molecular formula is C23H26N10O7S3. The number of carbonyl (C=O) groups excluding carboxylic acids is 3. The number of hydrogen-bond donors (Lipinski definition) is 5. The molecular weight excluding hydrogens is 625 g/mol. The molecule has 1 saturated heterocycles. The zero-order chi connectivity index (χ0) is 31.6. The normalized spacial score (nSPS) is 18.5. The van der Waals surface area contributed by atoms with Gasteiger partial charge >= 0.3 is 11.1 Å². The topological polar surface area (TPSA) is 269 Å². The zero-order valence-electron chi connectivity index (χ0n) is 22.7. The summed E-state index contributed by atoms with van der Waals surface area (Å²) in [5.41, 5.74) is 15.3. The van der Waals surface area contributed by atoms with E-state index in [1.54, 1.807) is 10.6 Å². The van der Waals surface area contributed by atoms with Gasteiger partial charge in [0.1, 0.15) is 11.4 Å². The van der Waals surface area contributed by atoms with Gasteiger partial charge in [-0.05, 0) is 31.2 Å². The van der Waals surface area contributed by atoms with Gasteiger partial charge in [-0.3, -0.25) is 14.5 Å². The van der Waals surface area contributed by atoms with Crippen LogP contribution in [0.5, 0.6) is 0 Å². The van der Waals surface area contributed by atoms with E-state index >= 15 is 0 Å². The van der Waals surface area contributed by atoms with E-state index in [1.807, 2.05) is 0 Å². The third-order valence-corrected chi connectivity index (χ3v) is 8.97. The van der Waals surface area contributed by atoms with E-state index in [4.69, 9.17) is 22.0 Å². The van der Waals surface area contributed by atoms with Gasteiger partial charge in [-0.1, -0.05) is 22.8 Å². The second kappa shape index (κ2) is 12.4. The van der Waals surface area contributed by atoms with Gasteiger partial charge in [-0.2, -0.15) is 9.36 Å². The van der Waals surface area contributed by atoms with E-state index in [-0.39, 0.29) is 34.0 Å². The summed E-state index contributed by atoms with van der Waals surface area (Å²) in [5.74, 6) is -4.00. The Balaban J connectivity index is 1.54. The number of allylic oxidation sites excluding steroid dienone is 1. The number of aliphatic carboxylic acids is 2. The Hall–Kier alpha value is -4.43. The molecule has 4 heterocycles. The number of rotatable bonds is 12. The fourth-order valence-corrected chi connectivity index (χ4v) is 6.78. The quantitative estimate of drug-likeness (QED) is 0.0314. The van der Waals surface area contributed by atoms with E-state index in [9.17, 15) is 29.4 Å². The summed E-state index contributed by atoms with van der Waals surface area (Å²) in [6, 6.07) is 0.336. The van der Waals surface area contributed by atoms with Crippen molar-refractivity contribution >= 4 is 81.3 Å². The SMILES string of the molecule is C=CC[n+]1c(N)cc(N)nc1SCC1=C(C(=O)[O-])N2C(=O)C(NC(=O)/C(=N\OC(C)(C)C(=O)O)c3nsc(N)n3)[C@H]2SC1. The number of carboxylic acids is 2. The Labute approximate surface area is 256 Å². The summed E-state index contributed by atoms with van der Waals surface area (Å²) in [5, 5.41) is 27.3. The van der Waals surface area contributed by atoms with E-state index in [0.717, 1.165) is 16.4 Å². The van der Waals surface area contributed by atoms with Crippen LogP contribution >= 0.6 is 35.1 Å². The highest BCUT2D eigenvalue weighted by Crippen LogP contribution is 2.41. The van der Waals surface area contributed by atoms with Crippen molar-refractivity contribution in [1.82, 2.24) is 24.6 Å². The molecule has 2 aliphatic heterocycles. The third kappa shape index (κ3) is 6.49. The van der Waals surface area contributed by atoms with Gasteiger partial charge in [0.25, 0.3) is 11.8 Å². The van der Waals surface area contributed by atoms with Crippen molar-refractivity contribution < 1.29 is 38.8 Å². The maximum Gasteiger partial charge on any atom is 0.350 e. The predicted octanol–water partition coefficient (Wildman–Crippen LogP) is -2.07. The van der Waals surface area contributed by atoms with Crippen molar-refractivity contribution in [3.63, 3.8) is 0 Å². The number of carbonyl (C=O) groups is 4. The maximum atomic E-state index is 13.2. The minimum absolute atomic E-state index is 0.00181. The van der Waals surface area contributed by atoms with Crippen molar-refractivity contribution in [3.05, 3.63) is 35.8 Å². The Morgan fingerprint density at radius 1 is 1.37 bits per heavy atom. The summed E-state index contributed by atoms with van der Waals surface area (Å²) in [4.78, 5) is 64.3. The lowest BCUT2D eigenvalue weighted by Crippen LogP contribution is -2.71. The molecule has 228 valence electrons. The average Bonchev–Trinajstić information content (AvgIpc) is 3.36. The number of carboxylic acid groups (broad SMARTS) is 2. The van der Waals surface area contributed by atoms with Crippen molar-refractivity contribution in [1.29, 1.82) is 0 Å². The lowest BCUT2D eigenvalue weighted by Gasteiger charge is -2.50. The van der Waals surface area contributed by atoms with Gasteiger partial charge in [0.15, 0.2) is 5.13 Å². The maximum absolute atomic E-state index is 13.2. The summed E-state index contributed by atoms with van der Waals surface area (Å²) >= 11 is 3.16.